The summed E-state index contributed by atoms with van der Waals surface area (Å²) in [7, 11) is 0. The van der Waals surface area contributed by atoms with Crippen molar-refractivity contribution in [3.05, 3.63) is 68.3 Å². The van der Waals surface area contributed by atoms with E-state index in [2.05, 4.69) is 10.5 Å². The molecular weight excluding hydrogens is 344 g/mol. The molecule has 8 heteroatoms. The third-order valence-corrected chi connectivity index (χ3v) is 3.65. The van der Waals surface area contributed by atoms with E-state index in [1.807, 2.05) is 0 Å². The number of hydrogen-bond acceptors (Lipinski definition) is 3. The molecule has 5 nitrogen and oxygen atoms in total. The molecule has 1 amide bonds. The number of hydrazone groups is 1. The normalized spacial score (nSPS) is 11.4. The second-order valence-electron chi connectivity index (χ2n) is 4.62. The largest absolute Gasteiger partial charge is 0.306 e. The number of aromatic nitrogens is 1. The van der Waals surface area contributed by atoms with Crippen molar-refractivity contribution in [2.45, 2.75) is 13.5 Å². The van der Waals surface area contributed by atoms with E-state index >= 15 is 0 Å². The van der Waals surface area contributed by atoms with Crippen LogP contribution in [0.2, 0.25) is 10.0 Å². The first-order valence-electron chi connectivity index (χ1n) is 6.52. The van der Waals surface area contributed by atoms with E-state index in [9.17, 15) is 14.0 Å². The standard InChI is InChI=1S/C15H12Cl2FN3O2/c1-9(14-10(16)5-6-11(18)15(14)17)19-20-12(22)8-21-7-3-2-4-13(21)23/h2-7H,8H2,1H3,(H,20,22)/b19-9-. The van der Waals surface area contributed by atoms with Crippen LogP contribution < -0.4 is 11.0 Å². The average Bonchev–Trinajstić information content (AvgIpc) is 2.51. The number of amides is 1. The molecular formula is C15H12Cl2FN3O2. The van der Waals surface area contributed by atoms with Crippen molar-refractivity contribution in [1.29, 1.82) is 0 Å². The minimum absolute atomic E-state index is 0.174. The van der Waals surface area contributed by atoms with E-state index in [0.717, 1.165) is 6.07 Å². The zero-order chi connectivity index (χ0) is 17.0. The molecule has 0 aliphatic heterocycles. The van der Waals surface area contributed by atoms with Crippen LogP contribution in [0.25, 0.3) is 0 Å². The summed E-state index contributed by atoms with van der Waals surface area (Å²) in [6, 6.07) is 7.04. The van der Waals surface area contributed by atoms with Gasteiger partial charge in [-0.3, -0.25) is 9.59 Å². The maximum Gasteiger partial charge on any atom is 0.260 e. The first-order valence-corrected chi connectivity index (χ1v) is 7.28. The molecule has 120 valence electrons. The lowest BCUT2D eigenvalue weighted by molar-refractivity contribution is -0.121. The zero-order valence-corrected chi connectivity index (χ0v) is 13.5. The van der Waals surface area contributed by atoms with Crippen LogP contribution in [0, 0.1) is 5.82 Å². The Labute approximate surface area is 141 Å². The van der Waals surface area contributed by atoms with Crippen LogP contribution in [-0.2, 0) is 11.3 Å². The number of nitrogens with one attached hydrogen (secondary N) is 1. The fourth-order valence-corrected chi connectivity index (χ4v) is 2.49. The maximum absolute atomic E-state index is 13.5. The molecule has 0 bridgehead atoms. The van der Waals surface area contributed by atoms with Crippen molar-refractivity contribution in [1.82, 2.24) is 9.99 Å². The SMILES string of the molecule is C/C(=N/NC(=O)Cn1ccccc1=O)c1c(Cl)ccc(F)c1Cl. The van der Waals surface area contributed by atoms with Gasteiger partial charge in [0, 0.05) is 17.8 Å². The Balaban J connectivity index is 2.14. The molecule has 1 aromatic heterocycles. The predicted molar refractivity (Wildman–Crippen MR) is 87.5 cm³/mol. The second-order valence-corrected chi connectivity index (χ2v) is 5.40. The Hall–Kier alpha value is -2.18. The summed E-state index contributed by atoms with van der Waals surface area (Å²) in [5.74, 6) is -1.15. The van der Waals surface area contributed by atoms with Crippen LogP contribution in [0.3, 0.4) is 0 Å². The highest BCUT2D eigenvalue weighted by Gasteiger charge is 2.14. The van der Waals surface area contributed by atoms with E-state index in [1.54, 1.807) is 12.1 Å². The van der Waals surface area contributed by atoms with Gasteiger partial charge in [-0.25, -0.2) is 9.82 Å². The Morgan fingerprint density at radius 1 is 1.30 bits per heavy atom. The van der Waals surface area contributed by atoms with Gasteiger partial charge < -0.3 is 4.57 Å². The Morgan fingerprint density at radius 2 is 2.04 bits per heavy atom. The fraction of sp³-hybridized carbons (Fsp3) is 0.133. The van der Waals surface area contributed by atoms with E-state index in [4.69, 9.17) is 23.2 Å². The van der Waals surface area contributed by atoms with Gasteiger partial charge in [0.2, 0.25) is 0 Å². The van der Waals surface area contributed by atoms with Crippen LogP contribution in [0.15, 0.2) is 46.4 Å². The van der Waals surface area contributed by atoms with Crippen molar-refractivity contribution >= 4 is 34.8 Å². The third kappa shape index (κ3) is 4.18. The Morgan fingerprint density at radius 3 is 2.74 bits per heavy atom. The molecule has 23 heavy (non-hydrogen) atoms. The lowest BCUT2D eigenvalue weighted by atomic mass is 10.1. The lowest BCUT2D eigenvalue weighted by Crippen LogP contribution is -2.29. The number of benzene rings is 1. The van der Waals surface area contributed by atoms with Gasteiger partial charge in [-0.05, 0) is 25.1 Å². The molecule has 1 N–H and O–H groups in total. The van der Waals surface area contributed by atoms with Crippen LogP contribution >= 0.6 is 23.2 Å². The Bertz CT molecular complexity index is 834. The number of pyridine rings is 1. The molecule has 0 aliphatic rings. The molecule has 0 saturated carbocycles. The van der Waals surface area contributed by atoms with Crippen LogP contribution in [0.4, 0.5) is 4.39 Å². The lowest BCUT2D eigenvalue weighted by Gasteiger charge is -2.08. The smallest absolute Gasteiger partial charge is 0.260 e. The summed E-state index contributed by atoms with van der Waals surface area (Å²) in [4.78, 5) is 23.3. The quantitative estimate of drug-likeness (QED) is 0.520. The summed E-state index contributed by atoms with van der Waals surface area (Å²) >= 11 is 11.8. The number of carbonyl (C=O) groups is 1. The third-order valence-electron chi connectivity index (χ3n) is 2.97. The molecule has 0 aliphatic carbocycles. The average molecular weight is 356 g/mol. The van der Waals surface area contributed by atoms with Crippen molar-refractivity contribution in [3.8, 4) is 0 Å². The Kier molecular flexibility index (Phi) is 5.52. The maximum atomic E-state index is 13.5. The van der Waals surface area contributed by atoms with Gasteiger partial charge in [-0.15, -0.1) is 0 Å². The summed E-state index contributed by atoms with van der Waals surface area (Å²) < 4.78 is 14.7. The summed E-state index contributed by atoms with van der Waals surface area (Å²) in [5.41, 5.74) is 2.42. The molecule has 0 spiro atoms. The molecule has 0 atom stereocenters. The molecule has 0 fully saturated rings. The van der Waals surface area contributed by atoms with Gasteiger partial charge in [0.1, 0.15) is 12.4 Å². The summed E-state index contributed by atoms with van der Waals surface area (Å²) in [5, 5.41) is 3.89. The van der Waals surface area contributed by atoms with Crippen molar-refractivity contribution in [2.75, 3.05) is 0 Å². The van der Waals surface area contributed by atoms with Gasteiger partial charge >= 0.3 is 0 Å². The van der Waals surface area contributed by atoms with Gasteiger partial charge in [0.15, 0.2) is 0 Å². The van der Waals surface area contributed by atoms with Crippen LogP contribution in [0.5, 0.6) is 0 Å². The summed E-state index contributed by atoms with van der Waals surface area (Å²) in [6.45, 7) is 1.34. The van der Waals surface area contributed by atoms with E-state index < -0.39 is 11.7 Å². The van der Waals surface area contributed by atoms with E-state index in [-0.39, 0.29) is 33.4 Å². The highest BCUT2D eigenvalue weighted by Crippen LogP contribution is 2.27. The monoisotopic (exact) mass is 355 g/mol. The van der Waals surface area contributed by atoms with E-state index in [1.165, 1.54) is 29.8 Å². The van der Waals surface area contributed by atoms with Crippen LogP contribution in [0.1, 0.15) is 12.5 Å². The minimum Gasteiger partial charge on any atom is -0.306 e. The van der Waals surface area contributed by atoms with Crippen molar-refractivity contribution < 1.29 is 9.18 Å². The number of halogens is 3. The van der Waals surface area contributed by atoms with Gasteiger partial charge in [-0.2, -0.15) is 5.10 Å². The molecule has 0 unspecified atom stereocenters. The molecule has 1 heterocycles. The second kappa shape index (κ2) is 7.39. The van der Waals surface area contributed by atoms with Gasteiger partial charge in [-0.1, -0.05) is 29.3 Å². The first kappa shape index (κ1) is 17.2. The molecule has 1 aromatic carbocycles. The molecule has 0 saturated heterocycles. The van der Waals surface area contributed by atoms with Crippen molar-refractivity contribution in [2.24, 2.45) is 5.10 Å². The van der Waals surface area contributed by atoms with E-state index in [0.29, 0.717) is 0 Å². The van der Waals surface area contributed by atoms with Gasteiger partial charge in [0.25, 0.3) is 11.5 Å². The molecule has 0 radical (unpaired) electrons. The topological polar surface area (TPSA) is 63.5 Å². The number of hydrogen-bond donors (Lipinski definition) is 1. The van der Waals surface area contributed by atoms with Crippen LogP contribution in [-0.4, -0.2) is 16.2 Å². The number of carbonyl (C=O) groups excluding carboxylic acids is 1. The minimum atomic E-state index is -0.636. The fourth-order valence-electron chi connectivity index (χ4n) is 1.84. The summed E-state index contributed by atoms with van der Waals surface area (Å²) in [6.07, 6.45) is 1.48. The molecule has 2 aromatic rings. The van der Waals surface area contributed by atoms with Crippen molar-refractivity contribution in [3.63, 3.8) is 0 Å². The van der Waals surface area contributed by atoms with Gasteiger partial charge in [0.05, 0.1) is 15.8 Å². The number of nitrogens with zero attached hydrogens (tertiary/aromatic N) is 2. The zero-order valence-electron chi connectivity index (χ0n) is 12.0. The highest BCUT2D eigenvalue weighted by atomic mass is 35.5. The predicted octanol–water partition coefficient (Wildman–Crippen LogP) is 2.83. The highest BCUT2D eigenvalue weighted by molar-refractivity contribution is 6.40. The molecule has 2 rings (SSSR count). The first-order chi connectivity index (χ1) is 10.9. The number of rotatable bonds is 4.